The van der Waals surface area contributed by atoms with Gasteiger partial charge in [0.2, 0.25) is 5.91 Å². The lowest BCUT2D eigenvalue weighted by atomic mass is 10.1. The molecule has 2 unspecified atom stereocenters. The van der Waals surface area contributed by atoms with Crippen molar-refractivity contribution >= 4 is 5.91 Å². The lowest BCUT2D eigenvalue weighted by Gasteiger charge is -2.26. The van der Waals surface area contributed by atoms with Gasteiger partial charge >= 0.3 is 0 Å². The third kappa shape index (κ3) is 3.23. The van der Waals surface area contributed by atoms with Crippen LogP contribution in [0.2, 0.25) is 0 Å². The minimum Gasteiger partial charge on any atom is -0.341 e. The summed E-state index contributed by atoms with van der Waals surface area (Å²) >= 11 is 0. The zero-order valence-corrected chi connectivity index (χ0v) is 11.8. The molecule has 0 aromatic heterocycles. The Labute approximate surface area is 110 Å². The Bertz CT molecular complexity index is 287. The molecule has 2 fully saturated rings. The Morgan fingerprint density at radius 2 is 2.00 bits per heavy atom. The van der Waals surface area contributed by atoms with Crippen LogP contribution >= 0.6 is 0 Å². The predicted octanol–water partition coefficient (Wildman–Crippen LogP) is 1.06. The van der Waals surface area contributed by atoms with Crippen molar-refractivity contribution in [2.24, 2.45) is 11.7 Å². The number of carbonyl (C=O) groups is 1. The van der Waals surface area contributed by atoms with Crippen molar-refractivity contribution in [1.82, 2.24) is 9.80 Å². The molecule has 0 radical (unpaired) electrons. The highest BCUT2D eigenvalue weighted by Crippen LogP contribution is 2.33. The second-order valence-electron chi connectivity index (χ2n) is 5.71. The average Bonchev–Trinajstić information content (AvgIpc) is 3.10. The molecule has 0 spiro atoms. The molecular formula is C14H27N3O. The fraction of sp³-hybridized carbons (Fsp3) is 0.929. The van der Waals surface area contributed by atoms with Gasteiger partial charge in [-0.1, -0.05) is 13.8 Å². The minimum absolute atomic E-state index is 0.102. The zero-order chi connectivity index (χ0) is 13.1. The van der Waals surface area contributed by atoms with E-state index in [1.165, 1.54) is 12.8 Å². The number of carbonyl (C=O) groups excluding carboxylic acids is 1. The van der Waals surface area contributed by atoms with E-state index in [2.05, 4.69) is 18.7 Å². The predicted molar refractivity (Wildman–Crippen MR) is 73.2 cm³/mol. The SMILES string of the molecule is CCN(CC)C1CCN(C(=O)CC(N)C2CC2)C1. The highest BCUT2D eigenvalue weighted by Gasteiger charge is 2.33. The van der Waals surface area contributed by atoms with Gasteiger partial charge < -0.3 is 10.6 Å². The number of amides is 1. The van der Waals surface area contributed by atoms with E-state index >= 15 is 0 Å². The fourth-order valence-corrected chi connectivity index (χ4v) is 3.03. The molecule has 1 saturated heterocycles. The molecule has 1 aliphatic heterocycles. The second kappa shape index (κ2) is 6.02. The maximum Gasteiger partial charge on any atom is 0.224 e. The lowest BCUT2D eigenvalue weighted by Crippen LogP contribution is -2.40. The number of rotatable bonds is 6. The van der Waals surface area contributed by atoms with Gasteiger partial charge in [-0.15, -0.1) is 0 Å². The average molecular weight is 253 g/mol. The summed E-state index contributed by atoms with van der Waals surface area (Å²) in [6.45, 7) is 8.35. The Morgan fingerprint density at radius 1 is 1.33 bits per heavy atom. The van der Waals surface area contributed by atoms with E-state index in [1.807, 2.05) is 4.90 Å². The van der Waals surface area contributed by atoms with Crippen molar-refractivity contribution in [3.05, 3.63) is 0 Å². The van der Waals surface area contributed by atoms with Crippen LogP contribution in [-0.4, -0.2) is 54.0 Å². The summed E-state index contributed by atoms with van der Waals surface area (Å²) in [6, 6.07) is 0.658. The lowest BCUT2D eigenvalue weighted by molar-refractivity contribution is -0.130. The second-order valence-corrected chi connectivity index (χ2v) is 5.71. The normalized spacial score (nSPS) is 25.8. The van der Waals surface area contributed by atoms with Crippen LogP contribution in [0.1, 0.15) is 39.5 Å². The minimum atomic E-state index is 0.102. The Balaban J connectivity index is 1.78. The largest absolute Gasteiger partial charge is 0.341 e. The van der Waals surface area contributed by atoms with Gasteiger partial charge in [0.15, 0.2) is 0 Å². The van der Waals surface area contributed by atoms with E-state index in [0.717, 1.165) is 32.6 Å². The van der Waals surface area contributed by atoms with Gasteiger partial charge in [-0.3, -0.25) is 9.69 Å². The first-order chi connectivity index (χ1) is 8.65. The molecule has 1 amide bonds. The molecule has 2 rings (SSSR count). The Kier molecular flexibility index (Phi) is 4.62. The Hall–Kier alpha value is -0.610. The quantitative estimate of drug-likeness (QED) is 0.770. The number of likely N-dealkylation sites (tertiary alicyclic amines) is 1. The van der Waals surface area contributed by atoms with Gasteiger partial charge in [-0.2, -0.15) is 0 Å². The van der Waals surface area contributed by atoms with Crippen LogP contribution in [0.5, 0.6) is 0 Å². The first kappa shape index (κ1) is 13.8. The van der Waals surface area contributed by atoms with Gasteiger partial charge in [0.1, 0.15) is 0 Å². The zero-order valence-electron chi connectivity index (χ0n) is 11.8. The molecule has 0 aromatic carbocycles. The van der Waals surface area contributed by atoms with E-state index in [-0.39, 0.29) is 11.9 Å². The van der Waals surface area contributed by atoms with Crippen molar-refractivity contribution in [1.29, 1.82) is 0 Å². The molecule has 1 aliphatic carbocycles. The molecule has 0 bridgehead atoms. The maximum absolute atomic E-state index is 12.2. The van der Waals surface area contributed by atoms with Crippen LogP contribution in [0, 0.1) is 5.92 Å². The van der Waals surface area contributed by atoms with E-state index in [0.29, 0.717) is 18.4 Å². The van der Waals surface area contributed by atoms with Crippen LogP contribution in [-0.2, 0) is 4.79 Å². The van der Waals surface area contributed by atoms with Crippen molar-refractivity contribution in [3.63, 3.8) is 0 Å². The van der Waals surface area contributed by atoms with Crippen molar-refractivity contribution in [2.75, 3.05) is 26.2 Å². The van der Waals surface area contributed by atoms with Crippen LogP contribution in [0.15, 0.2) is 0 Å². The number of hydrogen-bond donors (Lipinski definition) is 1. The standard InChI is InChI=1S/C14H27N3O/c1-3-16(4-2)12-7-8-17(10-12)14(18)9-13(15)11-5-6-11/h11-13H,3-10,15H2,1-2H3. The van der Waals surface area contributed by atoms with Gasteiger partial charge in [0.05, 0.1) is 0 Å². The van der Waals surface area contributed by atoms with Gasteiger partial charge in [-0.05, 0) is 38.3 Å². The smallest absolute Gasteiger partial charge is 0.224 e. The number of hydrogen-bond acceptors (Lipinski definition) is 3. The maximum atomic E-state index is 12.2. The molecule has 1 heterocycles. The molecule has 18 heavy (non-hydrogen) atoms. The number of nitrogens with two attached hydrogens (primary N) is 1. The topological polar surface area (TPSA) is 49.6 Å². The fourth-order valence-electron chi connectivity index (χ4n) is 3.03. The molecule has 4 heteroatoms. The molecule has 104 valence electrons. The van der Waals surface area contributed by atoms with Crippen molar-refractivity contribution in [3.8, 4) is 0 Å². The highest BCUT2D eigenvalue weighted by molar-refractivity contribution is 5.77. The summed E-state index contributed by atoms with van der Waals surface area (Å²) in [5.41, 5.74) is 6.04. The molecule has 2 atom stereocenters. The van der Waals surface area contributed by atoms with Crippen LogP contribution < -0.4 is 5.73 Å². The number of nitrogens with zero attached hydrogens (tertiary/aromatic N) is 2. The van der Waals surface area contributed by atoms with E-state index in [9.17, 15) is 4.79 Å². The summed E-state index contributed by atoms with van der Waals surface area (Å²) < 4.78 is 0. The van der Waals surface area contributed by atoms with Gasteiger partial charge in [0, 0.05) is 31.6 Å². The van der Waals surface area contributed by atoms with Gasteiger partial charge in [0.25, 0.3) is 0 Å². The van der Waals surface area contributed by atoms with E-state index < -0.39 is 0 Å². The van der Waals surface area contributed by atoms with E-state index in [4.69, 9.17) is 5.73 Å². The first-order valence-electron chi connectivity index (χ1n) is 7.43. The Morgan fingerprint density at radius 3 is 2.56 bits per heavy atom. The van der Waals surface area contributed by atoms with Crippen LogP contribution in [0.25, 0.3) is 0 Å². The van der Waals surface area contributed by atoms with Crippen molar-refractivity contribution in [2.45, 2.75) is 51.6 Å². The van der Waals surface area contributed by atoms with Crippen LogP contribution in [0.3, 0.4) is 0 Å². The molecular weight excluding hydrogens is 226 g/mol. The molecule has 0 aromatic rings. The molecule has 2 aliphatic rings. The van der Waals surface area contributed by atoms with Gasteiger partial charge in [-0.25, -0.2) is 0 Å². The molecule has 1 saturated carbocycles. The highest BCUT2D eigenvalue weighted by atomic mass is 16.2. The number of likely N-dealkylation sites (N-methyl/N-ethyl adjacent to an activating group) is 1. The monoisotopic (exact) mass is 253 g/mol. The van der Waals surface area contributed by atoms with E-state index in [1.54, 1.807) is 0 Å². The summed E-state index contributed by atoms with van der Waals surface area (Å²) in [7, 11) is 0. The molecule has 4 nitrogen and oxygen atoms in total. The van der Waals surface area contributed by atoms with Crippen molar-refractivity contribution < 1.29 is 4.79 Å². The summed E-state index contributed by atoms with van der Waals surface area (Å²) in [4.78, 5) is 16.6. The molecule has 2 N–H and O–H groups in total. The summed E-state index contributed by atoms with van der Waals surface area (Å²) in [5.74, 6) is 0.888. The summed E-state index contributed by atoms with van der Waals surface area (Å²) in [5, 5.41) is 0. The summed E-state index contributed by atoms with van der Waals surface area (Å²) in [6.07, 6.45) is 4.11. The third-order valence-electron chi connectivity index (χ3n) is 4.48. The van der Waals surface area contributed by atoms with Crippen LogP contribution in [0.4, 0.5) is 0 Å². The first-order valence-corrected chi connectivity index (χ1v) is 7.43. The third-order valence-corrected chi connectivity index (χ3v) is 4.48.